The first-order valence-corrected chi connectivity index (χ1v) is 10.6. The fourth-order valence-electron chi connectivity index (χ4n) is 3.14. The number of halogens is 2. The molecule has 0 aromatic heterocycles. The summed E-state index contributed by atoms with van der Waals surface area (Å²) in [4.78, 5) is 25.1. The third-order valence-electron chi connectivity index (χ3n) is 4.54. The van der Waals surface area contributed by atoms with Crippen LogP contribution in [0, 0.1) is 5.82 Å². The van der Waals surface area contributed by atoms with E-state index in [2.05, 4.69) is 10.6 Å². The standard InChI is InChI=1S/C25H24ClFN2O4/c1-15(2)33-19-6-4-5-16(11-19)12-24(30)28-18-8-10-23(32-3)22(14-18)29-25(31)20-9-7-17(26)13-21(20)27/h4-11,13-15H,12H2,1-3H3,(H,28,30)(H,29,31). The summed E-state index contributed by atoms with van der Waals surface area (Å²) in [5.41, 5.74) is 1.36. The smallest absolute Gasteiger partial charge is 0.258 e. The van der Waals surface area contributed by atoms with Crippen LogP contribution in [-0.4, -0.2) is 25.0 Å². The second kappa shape index (κ2) is 10.8. The van der Waals surface area contributed by atoms with Gasteiger partial charge < -0.3 is 20.1 Å². The molecule has 0 bridgehead atoms. The van der Waals surface area contributed by atoms with Crippen molar-refractivity contribution < 1.29 is 23.5 Å². The summed E-state index contributed by atoms with van der Waals surface area (Å²) in [5, 5.41) is 5.60. The Balaban J connectivity index is 1.72. The van der Waals surface area contributed by atoms with E-state index in [4.69, 9.17) is 21.1 Å². The Labute approximate surface area is 196 Å². The molecule has 0 radical (unpaired) electrons. The Morgan fingerprint density at radius 1 is 1.03 bits per heavy atom. The van der Waals surface area contributed by atoms with Crippen molar-refractivity contribution in [2.45, 2.75) is 26.4 Å². The molecule has 0 atom stereocenters. The molecule has 3 rings (SSSR count). The van der Waals surface area contributed by atoms with Gasteiger partial charge in [-0.1, -0.05) is 23.7 Å². The highest BCUT2D eigenvalue weighted by atomic mass is 35.5. The number of rotatable bonds is 8. The number of anilines is 2. The summed E-state index contributed by atoms with van der Waals surface area (Å²) in [5.74, 6) is -0.615. The Morgan fingerprint density at radius 2 is 1.82 bits per heavy atom. The number of benzene rings is 3. The lowest BCUT2D eigenvalue weighted by Crippen LogP contribution is -2.16. The Kier molecular flexibility index (Phi) is 7.90. The molecule has 0 aliphatic rings. The molecule has 3 aromatic carbocycles. The topological polar surface area (TPSA) is 76.7 Å². The summed E-state index contributed by atoms with van der Waals surface area (Å²) in [6.07, 6.45) is 0.169. The van der Waals surface area contributed by atoms with Gasteiger partial charge in [0.2, 0.25) is 5.91 Å². The zero-order valence-corrected chi connectivity index (χ0v) is 19.2. The third-order valence-corrected chi connectivity index (χ3v) is 4.78. The summed E-state index contributed by atoms with van der Waals surface area (Å²) >= 11 is 5.75. The highest BCUT2D eigenvalue weighted by molar-refractivity contribution is 6.30. The van der Waals surface area contributed by atoms with E-state index in [1.54, 1.807) is 18.2 Å². The molecule has 0 saturated carbocycles. The van der Waals surface area contributed by atoms with Gasteiger partial charge in [-0.3, -0.25) is 9.59 Å². The summed E-state index contributed by atoms with van der Waals surface area (Å²) in [6.45, 7) is 3.86. The van der Waals surface area contributed by atoms with Gasteiger partial charge >= 0.3 is 0 Å². The minimum absolute atomic E-state index is 0.0309. The first kappa shape index (κ1) is 24.1. The van der Waals surface area contributed by atoms with E-state index in [0.29, 0.717) is 17.2 Å². The predicted molar refractivity (Wildman–Crippen MR) is 127 cm³/mol. The zero-order valence-electron chi connectivity index (χ0n) is 18.4. The van der Waals surface area contributed by atoms with Crippen molar-refractivity contribution in [1.29, 1.82) is 0 Å². The van der Waals surface area contributed by atoms with Crippen LogP contribution >= 0.6 is 11.6 Å². The van der Waals surface area contributed by atoms with Crippen LogP contribution in [-0.2, 0) is 11.2 Å². The molecule has 2 N–H and O–H groups in total. The highest BCUT2D eigenvalue weighted by Gasteiger charge is 2.15. The molecule has 0 aliphatic heterocycles. The number of carbonyl (C=O) groups excluding carboxylic acids is 2. The highest BCUT2D eigenvalue weighted by Crippen LogP contribution is 2.29. The van der Waals surface area contributed by atoms with E-state index < -0.39 is 11.7 Å². The second-order valence-electron chi connectivity index (χ2n) is 7.53. The van der Waals surface area contributed by atoms with E-state index in [-0.39, 0.29) is 34.7 Å². The molecular formula is C25H24ClFN2O4. The lowest BCUT2D eigenvalue weighted by atomic mass is 10.1. The third kappa shape index (κ3) is 6.70. The number of amides is 2. The fourth-order valence-corrected chi connectivity index (χ4v) is 3.30. The predicted octanol–water partition coefficient (Wildman–Crippen LogP) is 5.71. The number of nitrogens with one attached hydrogen (secondary N) is 2. The van der Waals surface area contributed by atoms with Crippen molar-refractivity contribution >= 4 is 34.8 Å². The number of hydrogen-bond donors (Lipinski definition) is 2. The molecule has 2 amide bonds. The van der Waals surface area contributed by atoms with Gasteiger partial charge in [-0.15, -0.1) is 0 Å². The number of ether oxygens (including phenoxy) is 2. The van der Waals surface area contributed by atoms with Crippen LogP contribution < -0.4 is 20.1 Å². The molecule has 0 aliphatic carbocycles. The van der Waals surface area contributed by atoms with Crippen molar-refractivity contribution in [2.24, 2.45) is 0 Å². The monoisotopic (exact) mass is 470 g/mol. The van der Waals surface area contributed by atoms with Crippen LogP contribution in [0.2, 0.25) is 5.02 Å². The second-order valence-corrected chi connectivity index (χ2v) is 7.97. The van der Waals surface area contributed by atoms with Gasteiger partial charge in [-0.05, 0) is 67.9 Å². The maximum atomic E-state index is 14.1. The lowest BCUT2D eigenvalue weighted by Gasteiger charge is -2.14. The lowest BCUT2D eigenvalue weighted by molar-refractivity contribution is -0.115. The van der Waals surface area contributed by atoms with Crippen molar-refractivity contribution in [1.82, 2.24) is 0 Å². The Hall–Kier alpha value is -3.58. The molecular weight excluding hydrogens is 447 g/mol. The van der Waals surface area contributed by atoms with Crippen LogP contribution in [0.3, 0.4) is 0 Å². The SMILES string of the molecule is COc1ccc(NC(=O)Cc2cccc(OC(C)C)c2)cc1NC(=O)c1ccc(Cl)cc1F. The normalized spacial score (nSPS) is 10.6. The van der Waals surface area contributed by atoms with E-state index in [1.165, 1.54) is 19.2 Å². The van der Waals surface area contributed by atoms with E-state index >= 15 is 0 Å². The van der Waals surface area contributed by atoms with Gasteiger partial charge in [0.15, 0.2) is 0 Å². The number of carbonyl (C=O) groups is 2. The number of hydrogen-bond acceptors (Lipinski definition) is 4. The molecule has 3 aromatic rings. The summed E-state index contributed by atoms with van der Waals surface area (Å²) in [7, 11) is 1.44. The maximum absolute atomic E-state index is 14.1. The van der Waals surface area contributed by atoms with Gasteiger partial charge in [-0.2, -0.15) is 0 Å². The molecule has 172 valence electrons. The van der Waals surface area contributed by atoms with Crippen molar-refractivity contribution in [2.75, 3.05) is 17.7 Å². The fraction of sp³-hybridized carbons (Fsp3) is 0.200. The van der Waals surface area contributed by atoms with Crippen molar-refractivity contribution in [3.05, 3.63) is 82.6 Å². The van der Waals surface area contributed by atoms with Gasteiger partial charge in [-0.25, -0.2) is 4.39 Å². The average Bonchev–Trinajstić information content (AvgIpc) is 2.73. The quantitative estimate of drug-likeness (QED) is 0.442. The number of methoxy groups -OCH3 is 1. The van der Waals surface area contributed by atoms with Gasteiger partial charge in [0.25, 0.3) is 5.91 Å². The minimum Gasteiger partial charge on any atom is -0.495 e. The summed E-state index contributed by atoms with van der Waals surface area (Å²) in [6, 6.07) is 15.9. The van der Waals surface area contributed by atoms with Gasteiger partial charge in [0.1, 0.15) is 17.3 Å². The van der Waals surface area contributed by atoms with Crippen LogP contribution in [0.5, 0.6) is 11.5 Å². The van der Waals surface area contributed by atoms with E-state index in [0.717, 1.165) is 11.6 Å². The van der Waals surface area contributed by atoms with Crippen molar-refractivity contribution in [3.8, 4) is 11.5 Å². The molecule has 0 fully saturated rings. The van der Waals surface area contributed by atoms with Crippen LogP contribution in [0.1, 0.15) is 29.8 Å². The molecule has 8 heteroatoms. The van der Waals surface area contributed by atoms with Crippen LogP contribution in [0.4, 0.5) is 15.8 Å². The maximum Gasteiger partial charge on any atom is 0.258 e. The molecule has 0 heterocycles. The van der Waals surface area contributed by atoms with Crippen LogP contribution in [0.25, 0.3) is 0 Å². The first-order chi connectivity index (χ1) is 15.7. The molecule has 6 nitrogen and oxygen atoms in total. The van der Waals surface area contributed by atoms with Crippen molar-refractivity contribution in [3.63, 3.8) is 0 Å². The van der Waals surface area contributed by atoms with E-state index in [9.17, 15) is 14.0 Å². The molecule has 0 spiro atoms. The Bertz CT molecular complexity index is 1170. The molecule has 0 saturated heterocycles. The molecule has 33 heavy (non-hydrogen) atoms. The minimum atomic E-state index is -0.743. The largest absolute Gasteiger partial charge is 0.495 e. The van der Waals surface area contributed by atoms with Crippen LogP contribution in [0.15, 0.2) is 60.7 Å². The van der Waals surface area contributed by atoms with Gasteiger partial charge in [0, 0.05) is 10.7 Å². The zero-order chi connectivity index (χ0) is 24.0. The average molecular weight is 471 g/mol. The Morgan fingerprint density at radius 3 is 2.52 bits per heavy atom. The summed E-state index contributed by atoms with van der Waals surface area (Å²) < 4.78 is 25.0. The molecule has 0 unspecified atom stereocenters. The first-order valence-electron chi connectivity index (χ1n) is 10.2. The van der Waals surface area contributed by atoms with Gasteiger partial charge in [0.05, 0.1) is 30.9 Å². The van der Waals surface area contributed by atoms with E-state index in [1.807, 2.05) is 38.1 Å².